The van der Waals surface area contributed by atoms with Gasteiger partial charge in [-0.1, -0.05) is 33.6 Å². The molecule has 1 aromatic rings. The summed E-state index contributed by atoms with van der Waals surface area (Å²) in [6, 6.07) is 4.85. The molecule has 1 rings (SSSR count). The lowest BCUT2D eigenvalue weighted by molar-refractivity contribution is -0.114. The van der Waals surface area contributed by atoms with Crippen molar-refractivity contribution in [2.24, 2.45) is 0 Å². The predicted octanol–water partition coefficient (Wildman–Crippen LogP) is 4.03. The molecule has 0 radical (unpaired) electrons. The Kier molecular flexibility index (Phi) is 10.3. The predicted molar refractivity (Wildman–Crippen MR) is 115 cm³/mol. The largest absolute Gasteiger partial charge is 0.495 e. The third kappa shape index (κ3) is 7.31. The highest BCUT2D eigenvalue weighted by molar-refractivity contribution is 7.93. The topological polar surface area (TPSA) is 87.7 Å². The lowest BCUT2D eigenvalue weighted by Gasteiger charge is -2.31. The van der Waals surface area contributed by atoms with Gasteiger partial charge in [0.15, 0.2) is 0 Å². The first-order valence-electron chi connectivity index (χ1n) is 10.00. The van der Waals surface area contributed by atoms with Gasteiger partial charge in [0.1, 0.15) is 11.1 Å². The number of benzene rings is 1. The molecular formula is C20H35N3O4S. The second kappa shape index (κ2) is 11.9. The molecule has 0 spiro atoms. The summed E-state index contributed by atoms with van der Waals surface area (Å²) in [5, 5.41) is 2.06. The molecule has 28 heavy (non-hydrogen) atoms. The van der Waals surface area contributed by atoms with E-state index in [-0.39, 0.29) is 5.91 Å². The molecule has 0 saturated heterocycles. The Morgan fingerprint density at radius 2 is 1.75 bits per heavy atom. The van der Waals surface area contributed by atoms with Crippen molar-refractivity contribution in [3.8, 4) is 5.75 Å². The van der Waals surface area contributed by atoms with Gasteiger partial charge < -0.3 is 10.1 Å². The zero-order chi connectivity index (χ0) is 21.2. The lowest BCUT2D eigenvalue weighted by Crippen LogP contribution is -2.44. The Morgan fingerprint density at radius 1 is 1.14 bits per heavy atom. The van der Waals surface area contributed by atoms with Gasteiger partial charge in [0, 0.05) is 6.92 Å². The van der Waals surface area contributed by atoms with E-state index in [1.54, 1.807) is 18.2 Å². The van der Waals surface area contributed by atoms with E-state index < -0.39 is 15.4 Å². The molecule has 0 aliphatic heterocycles. The smallest absolute Gasteiger partial charge is 0.249 e. The molecule has 0 aliphatic carbocycles. The molecule has 1 atom stereocenters. The molecule has 0 fully saturated rings. The van der Waals surface area contributed by atoms with Crippen LogP contribution in [0.4, 0.5) is 11.4 Å². The van der Waals surface area contributed by atoms with Crippen molar-refractivity contribution in [3.05, 3.63) is 18.2 Å². The van der Waals surface area contributed by atoms with Crippen LogP contribution in [0.15, 0.2) is 18.2 Å². The van der Waals surface area contributed by atoms with Gasteiger partial charge in [0.05, 0.1) is 18.5 Å². The zero-order valence-corrected chi connectivity index (χ0v) is 18.6. The number of nitrogens with one attached hydrogen (secondary N) is 2. The molecular weight excluding hydrogens is 378 g/mol. The maximum atomic E-state index is 13.1. The molecule has 160 valence electrons. The molecule has 2 N–H and O–H groups in total. The van der Waals surface area contributed by atoms with E-state index in [0.29, 0.717) is 23.5 Å². The van der Waals surface area contributed by atoms with Crippen molar-refractivity contribution < 1.29 is 17.9 Å². The number of nitrogens with zero attached hydrogens (tertiary/aromatic N) is 1. The maximum absolute atomic E-state index is 13.1. The van der Waals surface area contributed by atoms with Crippen LogP contribution in [0.1, 0.15) is 59.8 Å². The number of amides is 1. The van der Waals surface area contributed by atoms with Gasteiger partial charge >= 0.3 is 0 Å². The minimum Gasteiger partial charge on any atom is -0.495 e. The van der Waals surface area contributed by atoms with Crippen LogP contribution < -0.4 is 14.8 Å². The monoisotopic (exact) mass is 413 g/mol. The van der Waals surface area contributed by atoms with Crippen molar-refractivity contribution >= 4 is 27.3 Å². The van der Waals surface area contributed by atoms with E-state index in [2.05, 4.69) is 28.8 Å². The van der Waals surface area contributed by atoms with Gasteiger partial charge in [-0.25, -0.2) is 8.42 Å². The van der Waals surface area contributed by atoms with Crippen LogP contribution in [0.5, 0.6) is 5.75 Å². The molecule has 7 nitrogen and oxygen atoms in total. The van der Waals surface area contributed by atoms with Crippen molar-refractivity contribution in [3.63, 3.8) is 0 Å². The van der Waals surface area contributed by atoms with E-state index in [9.17, 15) is 13.2 Å². The summed E-state index contributed by atoms with van der Waals surface area (Å²) in [6.45, 7) is 9.01. The van der Waals surface area contributed by atoms with Crippen molar-refractivity contribution in [1.29, 1.82) is 0 Å². The highest BCUT2D eigenvalue weighted by Crippen LogP contribution is 2.29. The second-order valence-corrected chi connectivity index (χ2v) is 8.69. The first-order chi connectivity index (χ1) is 13.3. The molecule has 0 aromatic heterocycles. The number of hydrogen-bond donors (Lipinski definition) is 2. The molecule has 0 saturated carbocycles. The maximum Gasteiger partial charge on any atom is 0.249 e. The van der Waals surface area contributed by atoms with E-state index in [4.69, 9.17) is 4.74 Å². The van der Waals surface area contributed by atoms with Gasteiger partial charge in [0.25, 0.3) is 0 Å². The molecule has 0 bridgehead atoms. The minimum absolute atomic E-state index is 0.255. The van der Waals surface area contributed by atoms with E-state index >= 15 is 0 Å². The van der Waals surface area contributed by atoms with E-state index in [1.807, 2.05) is 6.92 Å². The third-order valence-corrected chi connectivity index (χ3v) is 6.35. The average Bonchev–Trinajstić information content (AvgIpc) is 2.63. The summed E-state index contributed by atoms with van der Waals surface area (Å²) < 4.78 is 34.1. The van der Waals surface area contributed by atoms with E-state index in [0.717, 1.165) is 38.8 Å². The summed E-state index contributed by atoms with van der Waals surface area (Å²) in [4.78, 5) is 13.5. The van der Waals surface area contributed by atoms with Crippen LogP contribution in [0.2, 0.25) is 0 Å². The first-order valence-corrected chi connectivity index (χ1v) is 11.5. The summed E-state index contributed by atoms with van der Waals surface area (Å²) in [7, 11) is -2.13. The summed E-state index contributed by atoms with van der Waals surface area (Å²) in [5.41, 5.74) is 0.825. The summed E-state index contributed by atoms with van der Waals surface area (Å²) >= 11 is 0. The Hall–Kier alpha value is -1.80. The van der Waals surface area contributed by atoms with Gasteiger partial charge in [0.2, 0.25) is 15.9 Å². The zero-order valence-electron chi connectivity index (χ0n) is 17.7. The normalized spacial score (nSPS) is 12.6. The van der Waals surface area contributed by atoms with Crippen LogP contribution in [-0.2, 0) is 14.8 Å². The molecule has 0 aliphatic rings. The summed E-state index contributed by atoms with van der Waals surface area (Å²) in [6.07, 6.45) is 4.46. The van der Waals surface area contributed by atoms with Gasteiger partial charge in [-0.2, -0.15) is 0 Å². The fraction of sp³-hybridized carbons (Fsp3) is 0.650. The average molecular weight is 414 g/mol. The number of hydrogen-bond acceptors (Lipinski definition) is 5. The van der Waals surface area contributed by atoms with Gasteiger partial charge in [-0.15, -0.1) is 0 Å². The quantitative estimate of drug-likeness (QED) is 0.510. The Morgan fingerprint density at radius 3 is 2.21 bits per heavy atom. The molecule has 1 amide bonds. The van der Waals surface area contributed by atoms with Crippen molar-refractivity contribution in [2.45, 2.75) is 65.2 Å². The summed E-state index contributed by atoms with van der Waals surface area (Å²) in [5.74, 6) is 0.216. The molecule has 1 aromatic carbocycles. The number of unbranched alkanes of at least 4 members (excludes halogenated alkanes) is 2. The van der Waals surface area contributed by atoms with Crippen LogP contribution in [0, 0.1) is 0 Å². The number of sulfonamides is 1. The SMILES string of the molecule is CCCCN(CCCC)C(CC)S(=O)(=O)Nc1ccc(OC)c(NC(C)=O)c1. The number of carbonyl (C=O) groups excluding carboxylic acids is 1. The lowest BCUT2D eigenvalue weighted by atomic mass is 10.2. The van der Waals surface area contributed by atoms with Crippen molar-refractivity contribution in [2.75, 3.05) is 30.2 Å². The fourth-order valence-corrected chi connectivity index (χ4v) is 4.72. The van der Waals surface area contributed by atoms with Gasteiger partial charge in [-0.3, -0.25) is 14.4 Å². The van der Waals surface area contributed by atoms with Crippen LogP contribution in [-0.4, -0.2) is 44.8 Å². The molecule has 8 heteroatoms. The van der Waals surface area contributed by atoms with Crippen LogP contribution >= 0.6 is 0 Å². The number of rotatable bonds is 13. The van der Waals surface area contributed by atoms with Crippen molar-refractivity contribution in [1.82, 2.24) is 4.90 Å². The highest BCUT2D eigenvalue weighted by Gasteiger charge is 2.29. The number of methoxy groups -OCH3 is 1. The Balaban J connectivity index is 3.09. The van der Waals surface area contributed by atoms with Crippen LogP contribution in [0.25, 0.3) is 0 Å². The Labute approximate surface area is 169 Å². The van der Waals surface area contributed by atoms with Crippen LogP contribution in [0.3, 0.4) is 0 Å². The number of anilines is 2. The second-order valence-electron chi connectivity index (χ2n) is 6.85. The minimum atomic E-state index is -3.63. The molecule has 1 unspecified atom stereocenters. The highest BCUT2D eigenvalue weighted by atomic mass is 32.2. The van der Waals surface area contributed by atoms with E-state index in [1.165, 1.54) is 14.0 Å². The Bertz CT molecular complexity index is 714. The number of carbonyl (C=O) groups is 1. The number of ether oxygens (including phenoxy) is 1. The first kappa shape index (κ1) is 24.2. The third-order valence-electron chi connectivity index (χ3n) is 4.48. The van der Waals surface area contributed by atoms with Gasteiger partial charge in [-0.05, 0) is 50.6 Å². The molecule has 0 heterocycles. The fourth-order valence-electron chi connectivity index (χ4n) is 3.09. The standard InChI is InChI=1S/C20H35N3O4S/c1-6-9-13-23(14-10-7-2)20(8-3)28(25,26)22-17-11-12-19(27-5)18(15-17)21-16(4)24/h11-12,15,20,22H,6-10,13-14H2,1-5H3,(H,21,24).